The first kappa shape index (κ1) is 14.9. The lowest BCUT2D eigenvalue weighted by Gasteiger charge is -2.03. The summed E-state index contributed by atoms with van der Waals surface area (Å²) in [6.07, 6.45) is 2.57. The summed E-state index contributed by atoms with van der Waals surface area (Å²) in [6, 6.07) is 8.71. The van der Waals surface area contributed by atoms with E-state index in [1.165, 1.54) is 6.20 Å². The van der Waals surface area contributed by atoms with Crippen molar-refractivity contribution in [2.75, 3.05) is 0 Å². The Hall–Kier alpha value is -2.47. The lowest BCUT2D eigenvalue weighted by atomic mass is 10.1. The molecule has 0 aliphatic heterocycles. The van der Waals surface area contributed by atoms with Crippen LogP contribution in [-0.2, 0) is 17.6 Å². The van der Waals surface area contributed by atoms with Crippen molar-refractivity contribution in [2.24, 2.45) is 5.73 Å². The lowest BCUT2D eigenvalue weighted by Crippen LogP contribution is -2.32. The third-order valence-corrected chi connectivity index (χ3v) is 3.13. The summed E-state index contributed by atoms with van der Waals surface area (Å²) in [7, 11) is 0. The van der Waals surface area contributed by atoms with Crippen LogP contribution in [0.4, 0.5) is 0 Å². The molecule has 1 atom stereocenters. The van der Waals surface area contributed by atoms with E-state index in [0.717, 1.165) is 5.56 Å². The van der Waals surface area contributed by atoms with Crippen LogP contribution in [-0.4, -0.2) is 32.9 Å². The van der Waals surface area contributed by atoms with Gasteiger partial charge in [0.2, 0.25) is 0 Å². The molecule has 0 bridgehead atoms. The van der Waals surface area contributed by atoms with Crippen LogP contribution in [0.2, 0.25) is 0 Å². The predicted octanol–water partition coefficient (Wildman–Crippen LogP) is 1.18. The molecule has 1 heterocycles. The Morgan fingerprint density at radius 2 is 2.00 bits per heavy atom. The van der Waals surface area contributed by atoms with Crippen molar-refractivity contribution < 1.29 is 14.7 Å². The minimum atomic E-state index is -1.08. The molecule has 110 valence electrons. The van der Waals surface area contributed by atoms with E-state index in [1.807, 2.05) is 30.3 Å². The number of carboxylic acid groups (broad SMARTS) is 1. The quantitative estimate of drug-likeness (QED) is 0.662. The maximum atomic E-state index is 12.0. The van der Waals surface area contributed by atoms with Crippen LogP contribution in [0.5, 0.6) is 0 Å². The molecule has 2 aromatic rings. The van der Waals surface area contributed by atoms with Gasteiger partial charge in [-0.3, -0.25) is 9.59 Å². The summed E-state index contributed by atoms with van der Waals surface area (Å²) >= 11 is 0. The summed E-state index contributed by atoms with van der Waals surface area (Å²) < 4.78 is 0. The van der Waals surface area contributed by atoms with Crippen molar-refractivity contribution in [3.05, 3.63) is 53.6 Å². The average molecular weight is 287 g/mol. The van der Waals surface area contributed by atoms with Crippen LogP contribution in [0.3, 0.4) is 0 Å². The first-order valence-electron chi connectivity index (χ1n) is 6.65. The zero-order valence-corrected chi connectivity index (χ0v) is 11.5. The molecule has 0 aliphatic carbocycles. The summed E-state index contributed by atoms with van der Waals surface area (Å²) in [5.74, 6) is -0.936. The molecule has 6 heteroatoms. The van der Waals surface area contributed by atoms with Gasteiger partial charge in [0.15, 0.2) is 11.6 Å². The van der Waals surface area contributed by atoms with Gasteiger partial charge in [0.25, 0.3) is 0 Å². The highest BCUT2D eigenvalue weighted by Gasteiger charge is 2.15. The van der Waals surface area contributed by atoms with Crippen LogP contribution < -0.4 is 5.73 Å². The fourth-order valence-corrected chi connectivity index (χ4v) is 1.95. The molecule has 1 aromatic carbocycles. The highest BCUT2D eigenvalue weighted by molar-refractivity contribution is 5.92. The summed E-state index contributed by atoms with van der Waals surface area (Å²) in [6.45, 7) is 0. The molecule has 21 heavy (non-hydrogen) atoms. The molecule has 1 aromatic heterocycles. The Kier molecular flexibility index (Phi) is 4.84. The molecule has 0 fully saturated rings. The van der Waals surface area contributed by atoms with E-state index in [4.69, 9.17) is 10.8 Å². The Morgan fingerprint density at radius 1 is 1.29 bits per heavy atom. The number of rotatable bonds is 7. The number of imidazole rings is 1. The van der Waals surface area contributed by atoms with Gasteiger partial charge < -0.3 is 15.8 Å². The van der Waals surface area contributed by atoms with Gasteiger partial charge in [-0.25, -0.2) is 4.98 Å². The number of ketones is 1. The molecular formula is C15H17N3O3. The number of Topliss-reactive ketones (excluding diaryl/α,β-unsaturated/α-hetero) is 1. The third kappa shape index (κ3) is 4.25. The van der Waals surface area contributed by atoms with Gasteiger partial charge in [-0.1, -0.05) is 30.3 Å². The number of aryl methyl sites for hydroxylation is 1. The number of H-pyrrole nitrogens is 1. The number of aliphatic carboxylic acids is 1. The Balaban J connectivity index is 1.91. The van der Waals surface area contributed by atoms with Crippen LogP contribution >= 0.6 is 0 Å². The number of benzene rings is 1. The Bertz CT molecular complexity index is 622. The maximum absolute atomic E-state index is 12.0. The summed E-state index contributed by atoms with van der Waals surface area (Å²) in [4.78, 5) is 29.5. The highest BCUT2D eigenvalue weighted by Crippen LogP contribution is 2.07. The Morgan fingerprint density at radius 3 is 2.67 bits per heavy atom. The standard InChI is InChI=1S/C15H17N3O3/c16-12(15(20)21)8-11-9-17-14(18-11)13(19)7-6-10-4-2-1-3-5-10/h1-5,9,12H,6-8,16H2,(H,17,18)(H,20,21). The van der Waals surface area contributed by atoms with Crippen molar-refractivity contribution in [1.82, 2.24) is 9.97 Å². The van der Waals surface area contributed by atoms with E-state index < -0.39 is 12.0 Å². The maximum Gasteiger partial charge on any atom is 0.320 e. The van der Waals surface area contributed by atoms with Crippen LogP contribution in [0.15, 0.2) is 36.5 Å². The predicted molar refractivity (Wildman–Crippen MR) is 77.0 cm³/mol. The minimum Gasteiger partial charge on any atom is -0.480 e. The second kappa shape index (κ2) is 6.81. The fourth-order valence-electron chi connectivity index (χ4n) is 1.95. The summed E-state index contributed by atoms with van der Waals surface area (Å²) in [5.41, 5.74) is 7.07. The molecule has 0 spiro atoms. The van der Waals surface area contributed by atoms with Crippen molar-refractivity contribution in [3.63, 3.8) is 0 Å². The molecule has 2 rings (SSSR count). The minimum absolute atomic E-state index is 0.103. The lowest BCUT2D eigenvalue weighted by molar-refractivity contribution is -0.138. The third-order valence-electron chi connectivity index (χ3n) is 3.13. The number of carbonyl (C=O) groups excluding carboxylic acids is 1. The molecule has 4 N–H and O–H groups in total. The van der Waals surface area contributed by atoms with Crippen LogP contribution in [0, 0.1) is 0 Å². The molecule has 6 nitrogen and oxygen atoms in total. The number of carbonyl (C=O) groups is 2. The van der Waals surface area contributed by atoms with E-state index in [2.05, 4.69) is 9.97 Å². The number of nitrogens with two attached hydrogens (primary N) is 1. The van der Waals surface area contributed by atoms with E-state index in [0.29, 0.717) is 18.5 Å². The number of aromatic amines is 1. The van der Waals surface area contributed by atoms with Crippen molar-refractivity contribution in [3.8, 4) is 0 Å². The number of nitrogens with zero attached hydrogens (tertiary/aromatic N) is 1. The highest BCUT2D eigenvalue weighted by atomic mass is 16.4. The topological polar surface area (TPSA) is 109 Å². The first-order valence-corrected chi connectivity index (χ1v) is 6.65. The number of carboxylic acids is 1. The van der Waals surface area contributed by atoms with Gasteiger partial charge in [0.1, 0.15) is 6.04 Å². The zero-order chi connectivity index (χ0) is 15.2. The second-order valence-electron chi connectivity index (χ2n) is 4.81. The normalized spacial score (nSPS) is 12.0. The largest absolute Gasteiger partial charge is 0.480 e. The number of hydrogen-bond acceptors (Lipinski definition) is 4. The molecule has 0 radical (unpaired) electrons. The Labute approximate surface area is 122 Å². The van der Waals surface area contributed by atoms with Gasteiger partial charge in [0.05, 0.1) is 0 Å². The number of nitrogens with one attached hydrogen (secondary N) is 1. The average Bonchev–Trinajstić information content (AvgIpc) is 2.94. The van der Waals surface area contributed by atoms with E-state index in [-0.39, 0.29) is 18.0 Å². The second-order valence-corrected chi connectivity index (χ2v) is 4.81. The zero-order valence-electron chi connectivity index (χ0n) is 11.5. The van der Waals surface area contributed by atoms with Gasteiger partial charge >= 0.3 is 5.97 Å². The molecule has 0 saturated heterocycles. The number of aromatic nitrogens is 2. The molecule has 0 amide bonds. The van der Waals surface area contributed by atoms with Crippen molar-refractivity contribution in [1.29, 1.82) is 0 Å². The summed E-state index contributed by atoms with van der Waals surface area (Å²) in [5, 5.41) is 8.74. The van der Waals surface area contributed by atoms with Crippen molar-refractivity contribution in [2.45, 2.75) is 25.3 Å². The smallest absolute Gasteiger partial charge is 0.320 e. The first-order chi connectivity index (χ1) is 10.1. The molecule has 0 saturated carbocycles. The van der Waals surface area contributed by atoms with Crippen LogP contribution in [0.1, 0.15) is 28.3 Å². The van der Waals surface area contributed by atoms with Crippen LogP contribution in [0.25, 0.3) is 0 Å². The molecule has 1 unspecified atom stereocenters. The monoisotopic (exact) mass is 287 g/mol. The van der Waals surface area contributed by atoms with E-state index in [9.17, 15) is 9.59 Å². The molecular weight excluding hydrogens is 270 g/mol. The van der Waals surface area contributed by atoms with Gasteiger partial charge in [-0.2, -0.15) is 0 Å². The SMILES string of the molecule is NC(Cc1cnc(C(=O)CCc2ccccc2)[nH]1)C(=O)O. The van der Waals surface area contributed by atoms with Gasteiger partial charge in [-0.05, 0) is 12.0 Å². The fraction of sp³-hybridized carbons (Fsp3) is 0.267. The van der Waals surface area contributed by atoms with E-state index in [1.54, 1.807) is 0 Å². The van der Waals surface area contributed by atoms with E-state index >= 15 is 0 Å². The molecule has 0 aliphatic rings. The van der Waals surface area contributed by atoms with Gasteiger partial charge in [0, 0.05) is 24.7 Å². The van der Waals surface area contributed by atoms with Gasteiger partial charge in [-0.15, -0.1) is 0 Å². The van der Waals surface area contributed by atoms with Crippen molar-refractivity contribution >= 4 is 11.8 Å². The number of hydrogen-bond donors (Lipinski definition) is 3.